The summed E-state index contributed by atoms with van der Waals surface area (Å²) in [5, 5.41) is 1.26. The summed E-state index contributed by atoms with van der Waals surface area (Å²) in [5.74, 6) is 0.485. The van der Waals surface area contributed by atoms with Crippen LogP contribution in [0.1, 0.15) is 17.4 Å². The summed E-state index contributed by atoms with van der Waals surface area (Å²) in [5.41, 5.74) is 7.70. The molecule has 0 unspecified atom stereocenters. The lowest BCUT2D eigenvalue weighted by molar-refractivity contribution is 1.19. The van der Waals surface area contributed by atoms with Crippen LogP contribution >= 0.6 is 22.9 Å². The largest absolute Gasteiger partial charge is 0.398 e. The molecule has 2 aromatic rings. The molecule has 0 spiro atoms. The predicted octanol–water partition coefficient (Wildman–Crippen LogP) is 3.78. The predicted molar refractivity (Wildman–Crippen MR) is 65.2 cm³/mol. The van der Waals surface area contributed by atoms with Gasteiger partial charge in [-0.05, 0) is 35.6 Å². The van der Waals surface area contributed by atoms with Gasteiger partial charge in [-0.1, -0.05) is 6.92 Å². The lowest BCUT2D eigenvalue weighted by Crippen LogP contribution is -1.90. The molecule has 1 heterocycles. The number of anilines is 1. The summed E-state index contributed by atoms with van der Waals surface area (Å²) < 4.78 is 1.26. The minimum Gasteiger partial charge on any atom is -0.398 e. The highest BCUT2D eigenvalue weighted by Crippen LogP contribution is 2.30. The van der Waals surface area contributed by atoms with Crippen LogP contribution in [0.25, 0.3) is 10.1 Å². The van der Waals surface area contributed by atoms with Gasteiger partial charge in [-0.15, -0.1) is 22.9 Å². The van der Waals surface area contributed by atoms with Crippen LogP contribution in [0.3, 0.4) is 0 Å². The van der Waals surface area contributed by atoms with Gasteiger partial charge >= 0.3 is 0 Å². The molecule has 1 aromatic carbocycles. The summed E-state index contributed by atoms with van der Waals surface area (Å²) >= 11 is 7.60. The van der Waals surface area contributed by atoms with E-state index in [0.29, 0.717) is 5.88 Å². The van der Waals surface area contributed by atoms with Crippen molar-refractivity contribution in [1.82, 2.24) is 0 Å². The average molecular weight is 226 g/mol. The molecular formula is C11H12ClNS. The van der Waals surface area contributed by atoms with Gasteiger partial charge in [0.25, 0.3) is 0 Å². The first kappa shape index (κ1) is 9.81. The fourth-order valence-corrected chi connectivity index (χ4v) is 2.76. The molecule has 0 amide bonds. The Morgan fingerprint density at radius 2 is 2.14 bits per heavy atom. The molecule has 2 N–H and O–H groups in total. The zero-order chi connectivity index (χ0) is 10.1. The van der Waals surface area contributed by atoms with E-state index >= 15 is 0 Å². The Kier molecular flexibility index (Phi) is 2.66. The normalized spacial score (nSPS) is 11.0. The van der Waals surface area contributed by atoms with Crippen LogP contribution in [0.4, 0.5) is 5.69 Å². The van der Waals surface area contributed by atoms with E-state index in [2.05, 4.69) is 19.1 Å². The fourth-order valence-electron chi connectivity index (χ4n) is 1.49. The number of fused-ring (bicyclic) bond motifs is 1. The summed E-state index contributed by atoms with van der Waals surface area (Å²) in [6.45, 7) is 2.16. The van der Waals surface area contributed by atoms with E-state index in [-0.39, 0.29) is 0 Å². The molecule has 0 aliphatic rings. The Morgan fingerprint density at radius 1 is 1.36 bits per heavy atom. The number of benzene rings is 1. The number of hydrogen-bond donors (Lipinski definition) is 1. The van der Waals surface area contributed by atoms with E-state index in [0.717, 1.165) is 17.7 Å². The van der Waals surface area contributed by atoms with Gasteiger partial charge in [-0.3, -0.25) is 0 Å². The zero-order valence-electron chi connectivity index (χ0n) is 8.01. The molecule has 1 aromatic heterocycles. The van der Waals surface area contributed by atoms with Gasteiger partial charge < -0.3 is 5.73 Å². The highest BCUT2D eigenvalue weighted by Gasteiger charge is 2.04. The number of nitrogens with two attached hydrogens (primary N) is 1. The zero-order valence-corrected chi connectivity index (χ0v) is 9.58. The third-order valence-electron chi connectivity index (χ3n) is 2.32. The minimum absolute atomic E-state index is 0.485. The number of nitrogen functional groups attached to an aromatic ring is 1. The first-order valence-corrected chi connectivity index (χ1v) is 5.96. The van der Waals surface area contributed by atoms with Crippen LogP contribution in [0, 0.1) is 0 Å². The van der Waals surface area contributed by atoms with Crippen molar-refractivity contribution in [1.29, 1.82) is 0 Å². The third kappa shape index (κ3) is 1.60. The Balaban J connectivity index is 2.64. The van der Waals surface area contributed by atoms with Gasteiger partial charge in [0.1, 0.15) is 0 Å². The average Bonchev–Trinajstić information content (AvgIpc) is 2.58. The summed E-state index contributed by atoms with van der Waals surface area (Å²) in [4.78, 5) is 1.39. The van der Waals surface area contributed by atoms with Gasteiger partial charge in [0.2, 0.25) is 0 Å². The lowest BCUT2D eigenvalue weighted by atomic mass is 10.1. The molecule has 0 bridgehead atoms. The highest BCUT2D eigenvalue weighted by atomic mass is 35.5. The number of thiophene rings is 1. The molecule has 0 saturated carbocycles. The first-order valence-electron chi connectivity index (χ1n) is 4.61. The Hall–Kier alpha value is -0.730. The maximum atomic E-state index is 5.87. The van der Waals surface area contributed by atoms with Crippen molar-refractivity contribution >= 4 is 38.7 Å². The molecule has 74 valence electrons. The minimum atomic E-state index is 0.485. The first-order chi connectivity index (χ1) is 6.74. The number of rotatable bonds is 2. The SMILES string of the molecule is CCc1cc2cc(CCl)c(N)cc2s1. The quantitative estimate of drug-likeness (QED) is 0.611. The van der Waals surface area contributed by atoms with E-state index in [4.69, 9.17) is 17.3 Å². The van der Waals surface area contributed by atoms with Crippen molar-refractivity contribution in [2.45, 2.75) is 19.2 Å². The van der Waals surface area contributed by atoms with Crippen LogP contribution in [0.2, 0.25) is 0 Å². The van der Waals surface area contributed by atoms with Crippen LogP contribution in [-0.4, -0.2) is 0 Å². The van der Waals surface area contributed by atoms with Gasteiger partial charge in [-0.2, -0.15) is 0 Å². The van der Waals surface area contributed by atoms with Crippen molar-refractivity contribution in [3.63, 3.8) is 0 Å². The monoisotopic (exact) mass is 225 g/mol. The molecule has 0 atom stereocenters. The van der Waals surface area contributed by atoms with E-state index in [1.807, 2.05) is 17.4 Å². The molecule has 14 heavy (non-hydrogen) atoms. The smallest absolute Gasteiger partial charge is 0.0494 e. The number of alkyl halides is 1. The number of halogens is 1. The Labute approximate surface area is 92.5 Å². The van der Waals surface area contributed by atoms with Gasteiger partial charge in [0.15, 0.2) is 0 Å². The van der Waals surface area contributed by atoms with E-state index in [1.165, 1.54) is 15.0 Å². The van der Waals surface area contributed by atoms with Crippen molar-refractivity contribution in [2.24, 2.45) is 0 Å². The van der Waals surface area contributed by atoms with Crippen molar-refractivity contribution in [2.75, 3.05) is 5.73 Å². The van der Waals surface area contributed by atoms with Crippen molar-refractivity contribution in [3.05, 3.63) is 28.6 Å². The van der Waals surface area contributed by atoms with E-state index < -0.39 is 0 Å². The molecule has 0 radical (unpaired) electrons. The van der Waals surface area contributed by atoms with Gasteiger partial charge in [0.05, 0.1) is 0 Å². The van der Waals surface area contributed by atoms with Crippen molar-refractivity contribution in [3.8, 4) is 0 Å². The molecule has 0 aliphatic carbocycles. The second kappa shape index (κ2) is 3.79. The van der Waals surface area contributed by atoms with Crippen LogP contribution in [0.5, 0.6) is 0 Å². The summed E-state index contributed by atoms with van der Waals surface area (Å²) in [7, 11) is 0. The van der Waals surface area contributed by atoms with E-state index in [9.17, 15) is 0 Å². The topological polar surface area (TPSA) is 26.0 Å². The lowest BCUT2D eigenvalue weighted by Gasteiger charge is -2.00. The Bertz CT molecular complexity index is 462. The fraction of sp³-hybridized carbons (Fsp3) is 0.273. The molecule has 0 aliphatic heterocycles. The van der Waals surface area contributed by atoms with Gasteiger partial charge in [-0.25, -0.2) is 0 Å². The van der Waals surface area contributed by atoms with Crippen LogP contribution in [-0.2, 0) is 12.3 Å². The van der Waals surface area contributed by atoms with Crippen LogP contribution in [0.15, 0.2) is 18.2 Å². The van der Waals surface area contributed by atoms with Gasteiger partial charge in [0, 0.05) is 21.1 Å². The summed E-state index contributed by atoms with van der Waals surface area (Å²) in [6.07, 6.45) is 1.08. The standard InChI is InChI=1S/C11H12ClNS/c1-2-9-4-7-3-8(6-12)10(13)5-11(7)14-9/h3-5H,2,6,13H2,1H3. The third-order valence-corrected chi connectivity index (χ3v) is 3.85. The second-order valence-electron chi connectivity index (χ2n) is 3.29. The molecule has 2 rings (SSSR count). The second-order valence-corrected chi connectivity index (χ2v) is 4.72. The molecule has 1 nitrogen and oxygen atoms in total. The molecule has 0 saturated heterocycles. The van der Waals surface area contributed by atoms with Crippen LogP contribution < -0.4 is 5.73 Å². The summed E-state index contributed by atoms with van der Waals surface area (Å²) in [6, 6.07) is 6.33. The molecular weight excluding hydrogens is 214 g/mol. The number of hydrogen-bond acceptors (Lipinski definition) is 2. The Morgan fingerprint density at radius 3 is 2.79 bits per heavy atom. The molecule has 3 heteroatoms. The number of aryl methyl sites for hydroxylation is 1. The maximum absolute atomic E-state index is 5.87. The van der Waals surface area contributed by atoms with Crippen molar-refractivity contribution < 1.29 is 0 Å². The molecule has 0 fully saturated rings. The highest BCUT2D eigenvalue weighted by molar-refractivity contribution is 7.19. The van der Waals surface area contributed by atoms with E-state index in [1.54, 1.807) is 0 Å². The maximum Gasteiger partial charge on any atom is 0.0494 e.